The molecule has 0 unspecified atom stereocenters. The lowest BCUT2D eigenvalue weighted by atomic mass is 9.37. The Labute approximate surface area is 277 Å². The van der Waals surface area contributed by atoms with E-state index in [4.69, 9.17) is 0 Å². The van der Waals surface area contributed by atoms with Gasteiger partial charge in [-0.25, -0.2) is 0 Å². The lowest BCUT2D eigenvalue weighted by Gasteiger charge is -2.38. The molecule has 0 amide bonds. The molecule has 0 fully saturated rings. The van der Waals surface area contributed by atoms with Gasteiger partial charge >= 0.3 is 0 Å². The number of nitrogens with zero attached hydrogens (tertiary/aromatic N) is 2. The predicted octanol–water partition coefficient (Wildman–Crippen LogP) is 9.72. The SMILES string of the molecule is Cc1ccccc1N1c2cc(N(c3ccccc3)c3ccc(-c4ccccc4)cc3)cc3c2B(c2ccccc2-3)c2cccc(C)c21. The van der Waals surface area contributed by atoms with Crippen LogP contribution in [0.2, 0.25) is 0 Å². The first-order valence-corrected chi connectivity index (χ1v) is 16.4. The van der Waals surface area contributed by atoms with Crippen LogP contribution in [0.4, 0.5) is 34.1 Å². The minimum atomic E-state index is 0.191. The van der Waals surface area contributed by atoms with Gasteiger partial charge in [0.25, 0.3) is 0 Å². The van der Waals surface area contributed by atoms with Gasteiger partial charge in [0.05, 0.1) is 0 Å². The summed E-state index contributed by atoms with van der Waals surface area (Å²) in [5.74, 6) is 0. The van der Waals surface area contributed by atoms with Gasteiger partial charge in [0, 0.05) is 34.1 Å². The van der Waals surface area contributed by atoms with Crippen LogP contribution < -0.4 is 26.2 Å². The van der Waals surface area contributed by atoms with Gasteiger partial charge in [-0.15, -0.1) is 0 Å². The van der Waals surface area contributed by atoms with Gasteiger partial charge in [0.2, 0.25) is 6.71 Å². The van der Waals surface area contributed by atoms with Crippen molar-refractivity contribution in [3.05, 3.63) is 175 Å². The minimum Gasteiger partial charge on any atom is -0.311 e. The molecular formula is C44H33BN2. The maximum atomic E-state index is 2.53. The average molecular weight is 601 g/mol. The summed E-state index contributed by atoms with van der Waals surface area (Å²) in [4.78, 5) is 4.94. The Morgan fingerprint density at radius 3 is 1.85 bits per heavy atom. The Morgan fingerprint density at radius 2 is 1.06 bits per heavy atom. The van der Waals surface area contributed by atoms with Crippen LogP contribution in [0.25, 0.3) is 22.3 Å². The van der Waals surface area contributed by atoms with Crippen molar-refractivity contribution in [2.24, 2.45) is 0 Å². The summed E-state index contributed by atoms with van der Waals surface area (Å²) in [5, 5.41) is 0. The van der Waals surface area contributed by atoms with Crippen LogP contribution in [0.1, 0.15) is 11.1 Å². The summed E-state index contributed by atoms with van der Waals surface area (Å²) in [5.41, 5.74) is 18.9. The van der Waals surface area contributed by atoms with Crippen LogP contribution in [-0.4, -0.2) is 6.71 Å². The number of rotatable bonds is 5. The zero-order valence-electron chi connectivity index (χ0n) is 26.6. The highest BCUT2D eigenvalue weighted by molar-refractivity contribution is 7.01. The van der Waals surface area contributed by atoms with E-state index in [-0.39, 0.29) is 6.71 Å². The fourth-order valence-corrected chi connectivity index (χ4v) is 7.80. The molecule has 222 valence electrons. The monoisotopic (exact) mass is 600 g/mol. The van der Waals surface area contributed by atoms with Crippen LogP contribution in [-0.2, 0) is 0 Å². The van der Waals surface area contributed by atoms with E-state index in [1.165, 1.54) is 66.8 Å². The number of anilines is 6. The third kappa shape index (κ3) is 4.35. The van der Waals surface area contributed by atoms with Crippen molar-refractivity contribution < 1.29 is 0 Å². The molecule has 2 aliphatic rings. The Morgan fingerprint density at radius 1 is 0.447 bits per heavy atom. The number of benzene rings is 7. The molecule has 0 radical (unpaired) electrons. The maximum absolute atomic E-state index is 2.53. The van der Waals surface area contributed by atoms with Gasteiger partial charge in [-0.1, -0.05) is 127 Å². The fourth-order valence-electron chi connectivity index (χ4n) is 7.80. The van der Waals surface area contributed by atoms with Crippen molar-refractivity contribution in [3.8, 4) is 22.3 Å². The van der Waals surface area contributed by atoms with E-state index < -0.39 is 0 Å². The standard InChI is InChI=1S/C44H33BN2/c1-30-14-9-12-23-41(30)47-42-29-36(28-38-37-20-10-11-21-39(37)45(43(38)42)40-22-13-15-31(2)44(40)47)46(34-18-7-4-8-19-34)35-26-24-33(25-27-35)32-16-5-3-6-17-32/h3-29H,1-2H3. The number of hydrogen-bond acceptors (Lipinski definition) is 2. The predicted molar refractivity (Wildman–Crippen MR) is 201 cm³/mol. The van der Waals surface area contributed by atoms with E-state index in [0.29, 0.717) is 0 Å². The molecule has 0 saturated heterocycles. The molecule has 3 heteroatoms. The van der Waals surface area contributed by atoms with Crippen LogP contribution in [0.3, 0.4) is 0 Å². The normalized spacial score (nSPS) is 12.4. The van der Waals surface area contributed by atoms with Crippen LogP contribution in [0.5, 0.6) is 0 Å². The van der Waals surface area contributed by atoms with E-state index in [1.54, 1.807) is 0 Å². The van der Waals surface area contributed by atoms with Crippen molar-refractivity contribution >= 4 is 57.2 Å². The van der Waals surface area contributed by atoms with E-state index in [1.807, 2.05) is 0 Å². The molecule has 7 aromatic carbocycles. The molecule has 0 aromatic heterocycles. The summed E-state index contributed by atoms with van der Waals surface area (Å²) < 4.78 is 0. The number of fused-ring (bicyclic) bond motifs is 5. The molecule has 0 spiro atoms. The molecule has 0 aliphatic carbocycles. The third-order valence-corrected chi connectivity index (χ3v) is 9.90. The lowest BCUT2D eigenvalue weighted by Crippen LogP contribution is -2.55. The van der Waals surface area contributed by atoms with Crippen molar-refractivity contribution in [3.63, 3.8) is 0 Å². The largest absolute Gasteiger partial charge is 0.311 e. The summed E-state index contributed by atoms with van der Waals surface area (Å²) in [6.07, 6.45) is 0. The van der Waals surface area contributed by atoms with Gasteiger partial charge in [0.1, 0.15) is 0 Å². The van der Waals surface area contributed by atoms with E-state index >= 15 is 0 Å². The third-order valence-electron chi connectivity index (χ3n) is 9.90. The average Bonchev–Trinajstić information content (AvgIpc) is 3.46. The molecule has 2 heterocycles. The highest BCUT2D eigenvalue weighted by Gasteiger charge is 2.43. The van der Waals surface area contributed by atoms with Crippen LogP contribution in [0, 0.1) is 13.8 Å². The molecule has 7 aromatic rings. The van der Waals surface area contributed by atoms with Gasteiger partial charge in [0.15, 0.2) is 0 Å². The minimum absolute atomic E-state index is 0.191. The Balaban J connectivity index is 1.32. The Hall–Kier alpha value is -5.80. The van der Waals surface area contributed by atoms with Crippen molar-refractivity contribution in [1.29, 1.82) is 0 Å². The molecule has 0 atom stereocenters. The molecule has 9 rings (SSSR count). The fraction of sp³-hybridized carbons (Fsp3) is 0.0455. The van der Waals surface area contributed by atoms with Gasteiger partial charge in [-0.2, -0.15) is 0 Å². The molecule has 2 nitrogen and oxygen atoms in total. The van der Waals surface area contributed by atoms with Gasteiger partial charge < -0.3 is 9.80 Å². The van der Waals surface area contributed by atoms with Crippen molar-refractivity contribution in [1.82, 2.24) is 0 Å². The molecule has 2 aliphatic heterocycles. The number of hydrogen-bond donors (Lipinski definition) is 0. The summed E-state index contributed by atoms with van der Waals surface area (Å²) in [6.45, 7) is 4.67. The van der Waals surface area contributed by atoms with Crippen molar-refractivity contribution in [2.45, 2.75) is 13.8 Å². The first-order valence-electron chi connectivity index (χ1n) is 16.4. The smallest absolute Gasteiger partial charge is 0.248 e. The van der Waals surface area contributed by atoms with Crippen LogP contribution in [0.15, 0.2) is 164 Å². The Kier molecular flexibility index (Phi) is 6.40. The summed E-state index contributed by atoms with van der Waals surface area (Å²) >= 11 is 0. The van der Waals surface area contributed by atoms with E-state index in [2.05, 4.69) is 187 Å². The molecule has 47 heavy (non-hydrogen) atoms. The lowest BCUT2D eigenvalue weighted by molar-refractivity contribution is 1.22. The molecule has 0 saturated carbocycles. The number of para-hydroxylation sites is 3. The zero-order chi connectivity index (χ0) is 31.5. The molecule has 0 N–H and O–H groups in total. The quantitative estimate of drug-likeness (QED) is 0.182. The second kappa shape index (κ2) is 10.9. The summed E-state index contributed by atoms with van der Waals surface area (Å²) in [7, 11) is 0. The van der Waals surface area contributed by atoms with Gasteiger partial charge in [-0.05, 0) is 101 Å². The topological polar surface area (TPSA) is 6.48 Å². The molecule has 0 bridgehead atoms. The Bertz CT molecular complexity index is 2280. The second-order valence-corrected chi connectivity index (χ2v) is 12.7. The second-order valence-electron chi connectivity index (χ2n) is 12.7. The first-order chi connectivity index (χ1) is 23.2. The highest BCUT2D eigenvalue weighted by atomic mass is 15.2. The summed E-state index contributed by atoms with van der Waals surface area (Å²) in [6, 6.07) is 59.8. The molecular weight excluding hydrogens is 567 g/mol. The van der Waals surface area contributed by atoms with Gasteiger partial charge in [-0.3, -0.25) is 0 Å². The zero-order valence-corrected chi connectivity index (χ0v) is 26.6. The van der Waals surface area contributed by atoms with E-state index in [9.17, 15) is 0 Å². The van der Waals surface area contributed by atoms with Crippen molar-refractivity contribution in [2.75, 3.05) is 9.80 Å². The highest BCUT2D eigenvalue weighted by Crippen LogP contribution is 2.46. The van der Waals surface area contributed by atoms with Crippen LogP contribution >= 0.6 is 0 Å². The maximum Gasteiger partial charge on any atom is 0.248 e. The first kappa shape index (κ1) is 27.5. The van der Waals surface area contributed by atoms with E-state index in [0.717, 1.165) is 17.1 Å². The number of aryl methyl sites for hydroxylation is 2.